The van der Waals surface area contributed by atoms with E-state index in [2.05, 4.69) is 78.5 Å². The van der Waals surface area contributed by atoms with Gasteiger partial charge in [-0.3, -0.25) is 57.6 Å². The van der Waals surface area contributed by atoms with Gasteiger partial charge in [0.2, 0.25) is 53.2 Å². The van der Waals surface area contributed by atoms with Crippen LogP contribution in [0.5, 0.6) is 0 Å². The average molecular weight is 1490 g/mol. The van der Waals surface area contributed by atoms with Crippen molar-refractivity contribution in [2.45, 2.75) is 231 Å². The van der Waals surface area contributed by atoms with E-state index in [9.17, 15) is 63.0 Å². The Morgan fingerprint density at radius 1 is 0.626 bits per heavy atom. The van der Waals surface area contributed by atoms with E-state index in [-0.39, 0.29) is 93.8 Å². The predicted octanol–water partition coefficient (Wildman–Crippen LogP) is 3.26. The zero-order valence-corrected chi connectivity index (χ0v) is 64.1. The van der Waals surface area contributed by atoms with Gasteiger partial charge in [-0.1, -0.05) is 135 Å². The summed E-state index contributed by atoms with van der Waals surface area (Å²) in [6.07, 6.45) is 6.24. The number of fused-ring (bicyclic) bond motifs is 4. The summed E-state index contributed by atoms with van der Waals surface area (Å²) in [5, 5.41) is 58.4. The van der Waals surface area contributed by atoms with E-state index in [1.165, 1.54) is 15.9 Å². The largest absolute Gasteiger partial charge is 0.480 e. The van der Waals surface area contributed by atoms with Crippen molar-refractivity contribution in [2.24, 2.45) is 29.6 Å². The molecule has 15 atom stereocenters. The van der Waals surface area contributed by atoms with Gasteiger partial charge in [0, 0.05) is 50.6 Å². The second-order valence-corrected chi connectivity index (χ2v) is 29.9. The van der Waals surface area contributed by atoms with Gasteiger partial charge in [-0.15, -0.1) is 13.2 Å². The van der Waals surface area contributed by atoms with Crippen LogP contribution in [-0.2, 0) is 57.5 Å². The number of rotatable bonds is 39. The standard InChI is InChI=1S/C78H119N13O16/c1-13-25-52(82-78(106)107-44-57-55-30-19-17-28-53(55)54-29-18-20-31-56(54)57)40-79-49(11)76(104)90-36-23-32-63(90)73(101)88-66(47(9)15-3)74(102)83-58(26-14-2)70(98)86-61(42-92)71(99)84-59(37-45(5)6)68(96)51-27-21-22-34-91(77(105)64-33-24-35-89(64)50(12)80-39-51)67(48(10)16-4)75(103)87-62(43-93)72(100)85-60(38-46(7)8)69(97)81-41-65(94)95/h13-14,17-20,28-31,45-52,57-64,66-67,79-80,92-93H,1-2,15-16,21-27,32-44H2,3-12H3,(H,81,97)(H,82,106)(H,83,102)(H,84,99)(H,85,100)(H,86,98)(H,87,103)(H,88,101)(H,94,95)/t47-,48+,49-,50-,51-,52?,58-,59-,60-,61-,62-,63-,64-,66-,67-/m0/s1. The molecular formula is C78H119N13O16. The lowest BCUT2D eigenvalue weighted by Gasteiger charge is -2.40. The monoisotopic (exact) mass is 1490 g/mol. The van der Waals surface area contributed by atoms with Crippen molar-refractivity contribution in [1.29, 1.82) is 0 Å². The summed E-state index contributed by atoms with van der Waals surface area (Å²) >= 11 is 0. The van der Waals surface area contributed by atoms with Crippen molar-refractivity contribution >= 4 is 71.0 Å². The number of carboxylic acids is 1. The summed E-state index contributed by atoms with van der Waals surface area (Å²) in [4.78, 5) is 172. The lowest BCUT2D eigenvalue weighted by molar-refractivity contribution is -0.147. The highest BCUT2D eigenvalue weighted by Crippen LogP contribution is 2.44. The number of nitrogens with one attached hydrogen (secondary N) is 10. The number of likely N-dealkylation sites (tertiary alicyclic amines) is 1. The molecule has 6 rings (SSSR count). The molecule has 3 aliphatic heterocycles. The predicted molar refractivity (Wildman–Crippen MR) is 403 cm³/mol. The van der Waals surface area contributed by atoms with Crippen LogP contribution in [0.1, 0.15) is 170 Å². The lowest BCUT2D eigenvalue weighted by atomic mass is 9.88. The zero-order chi connectivity index (χ0) is 78.8. The van der Waals surface area contributed by atoms with Gasteiger partial charge >= 0.3 is 12.1 Å². The molecule has 0 saturated carbocycles. The Labute approximate surface area is 629 Å². The molecule has 1 aliphatic carbocycles. The minimum Gasteiger partial charge on any atom is -0.480 e. The molecule has 0 spiro atoms. The number of aliphatic hydroxyl groups is 2. The topological polar surface area (TPSA) is 405 Å². The van der Waals surface area contributed by atoms with Crippen LogP contribution in [0.25, 0.3) is 11.1 Å². The third-order valence-corrected chi connectivity index (χ3v) is 21.0. The quantitative estimate of drug-likeness (QED) is 0.0427. The Kier molecular flexibility index (Phi) is 34.9. The lowest BCUT2D eigenvalue weighted by Crippen LogP contribution is -2.62. The van der Waals surface area contributed by atoms with Gasteiger partial charge in [0.1, 0.15) is 55.4 Å². The van der Waals surface area contributed by atoms with Crippen LogP contribution in [0.4, 0.5) is 4.79 Å². The highest BCUT2D eigenvalue weighted by molar-refractivity contribution is 5.98. The van der Waals surface area contributed by atoms with E-state index in [1.807, 2.05) is 75.9 Å². The number of ketones is 1. The Bertz CT molecular complexity index is 3360. The first-order valence-corrected chi connectivity index (χ1v) is 38.3. The average Bonchev–Trinajstić information content (AvgIpc) is 1.32. The molecular weight excluding hydrogens is 1370 g/mol. The summed E-state index contributed by atoms with van der Waals surface area (Å²) in [7, 11) is 0. The van der Waals surface area contributed by atoms with Crippen LogP contribution < -0.4 is 53.2 Å². The summed E-state index contributed by atoms with van der Waals surface area (Å²) in [5.74, 6) is -9.72. The number of ether oxygens (including phenoxy) is 1. The summed E-state index contributed by atoms with van der Waals surface area (Å²) in [5.41, 5.74) is 4.36. The van der Waals surface area contributed by atoms with Crippen LogP contribution in [0.15, 0.2) is 73.8 Å². The highest BCUT2D eigenvalue weighted by Gasteiger charge is 2.45. The number of amides is 10. The van der Waals surface area contributed by atoms with Crippen molar-refractivity contribution in [3.8, 4) is 11.1 Å². The number of Topliss-reactive ketones (excluding diaryl/α,β-unsaturated/α-hetero) is 1. The van der Waals surface area contributed by atoms with Gasteiger partial charge in [-0.2, -0.15) is 0 Å². The molecule has 2 aromatic carbocycles. The zero-order valence-electron chi connectivity index (χ0n) is 64.1. The van der Waals surface area contributed by atoms with Crippen LogP contribution in [0, 0.1) is 29.6 Å². The summed E-state index contributed by atoms with van der Waals surface area (Å²) in [6.45, 7) is 24.6. The molecule has 0 radical (unpaired) electrons. The Morgan fingerprint density at radius 3 is 1.78 bits per heavy atom. The fourth-order valence-corrected chi connectivity index (χ4v) is 14.7. The maximum Gasteiger partial charge on any atom is 0.407 e. The number of carbonyl (C=O) groups excluding carboxylic acids is 11. The SMILES string of the molecule is C=CCC(CN[C@@H](C)C(=O)N1CCC[C@H]1C(=O)N[C@H](C(=O)N[C@@H](CC=C)C(=O)N[C@@H](CO)C(=O)N[C@@H](CC(C)C)C(=O)[C@H]1CCCCN([C@H](C(=O)N[C@@H](CO)C(=O)N[C@@H](CC(C)C)C(=O)NCC(=O)O)[C@H](C)CC)C(=O)[C@@H]2CCCN2[C@@H](C)NC1)[C@@H](C)CC)NC(=O)OCC1c2ccccc2-c2ccccc21. The second-order valence-electron chi connectivity index (χ2n) is 29.9. The van der Waals surface area contributed by atoms with Crippen molar-refractivity contribution < 1.29 is 77.6 Å². The van der Waals surface area contributed by atoms with Gasteiger partial charge in [0.15, 0.2) is 5.78 Å². The van der Waals surface area contributed by atoms with Crippen LogP contribution in [-0.4, -0.2) is 233 Å². The third kappa shape index (κ3) is 24.4. The van der Waals surface area contributed by atoms with Gasteiger partial charge < -0.3 is 83.0 Å². The smallest absolute Gasteiger partial charge is 0.407 e. The molecule has 3 heterocycles. The molecule has 4 aliphatic rings. The Morgan fingerprint density at radius 2 is 1.19 bits per heavy atom. The molecule has 0 bridgehead atoms. The number of hydrogen-bond acceptors (Lipinski definition) is 18. The van der Waals surface area contributed by atoms with E-state index in [1.54, 1.807) is 40.7 Å². The van der Waals surface area contributed by atoms with Crippen molar-refractivity contribution in [3.63, 3.8) is 0 Å². The molecule has 3 saturated heterocycles. The molecule has 13 N–H and O–H groups in total. The first-order valence-electron chi connectivity index (χ1n) is 38.3. The normalized spacial score (nSPS) is 20.7. The molecule has 29 nitrogen and oxygen atoms in total. The number of aliphatic hydroxyl groups excluding tert-OH is 2. The number of hydrogen-bond donors (Lipinski definition) is 13. The number of alkyl carbamates (subject to hydrolysis) is 1. The first kappa shape index (κ1) is 87.3. The summed E-state index contributed by atoms with van der Waals surface area (Å²) < 4.78 is 5.80. The maximum absolute atomic E-state index is 15.0. The molecule has 592 valence electrons. The minimum absolute atomic E-state index is 0.0731. The first-order chi connectivity index (χ1) is 51.0. The highest BCUT2D eigenvalue weighted by atomic mass is 16.5. The van der Waals surface area contributed by atoms with Gasteiger partial charge in [0.05, 0.1) is 37.5 Å². The third-order valence-electron chi connectivity index (χ3n) is 21.0. The Hall–Kier alpha value is -8.64. The molecule has 107 heavy (non-hydrogen) atoms. The number of benzene rings is 2. The number of nitrogens with zero attached hydrogens (tertiary/aromatic N) is 3. The minimum atomic E-state index is -1.60. The number of carboxylic acid groups (broad SMARTS) is 1. The fraction of sp³-hybridized carbons (Fsp3) is 0.641. The molecule has 1 unspecified atom stereocenters. The van der Waals surface area contributed by atoms with Crippen LogP contribution in [0.3, 0.4) is 0 Å². The van der Waals surface area contributed by atoms with Crippen molar-refractivity contribution in [3.05, 3.63) is 85.0 Å². The molecule has 29 heteroatoms. The van der Waals surface area contributed by atoms with Gasteiger partial charge in [-0.25, -0.2) is 4.79 Å². The Balaban J connectivity index is 1.07. The fourth-order valence-electron chi connectivity index (χ4n) is 14.7. The maximum atomic E-state index is 15.0. The molecule has 2 aromatic rings. The van der Waals surface area contributed by atoms with E-state index in [0.717, 1.165) is 22.3 Å². The van der Waals surface area contributed by atoms with Gasteiger partial charge in [-0.05, 0) is 124 Å². The number of aliphatic carboxylic acids is 1. The van der Waals surface area contributed by atoms with Crippen LogP contribution >= 0.6 is 0 Å². The van der Waals surface area contributed by atoms with Gasteiger partial charge in [0.25, 0.3) is 0 Å². The van der Waals surface area contributed by atoms with E-state index < -0.39 is 164 Å². The summed E-state index contributed by atoms with van der Waals surface area (Å²) in [6, 6.07) is 4.03. The molecule has 3 fully saturated rings. The van der Waals surface area contributed by atoms with E-state index in [0.29, 0.717) is 64.3 Å². The van der Waals surface area contributed by atoms with E-state index in [4.69, 9.17) is 9.84 Å². The molecule has 10 amide bonds. The number of carbonyl (C=O) groups is 12. The van der Waals surface area contributed by atoms with Crippen LogP contribution in [0.2, 0.25) is 0 Å². The van der Waals surface area contributed by atoms with Crippen molar-refractivity contribution in [2.75, 3.05) is 59.1 Å². The molecule has 0 aromatic heterocycles. The van der Waals surface area contributed by atoms with E-state index >= 15 is 4.79 Å². The van der Waals surface area contributed by atoms with Crippen molar-refractivity contribution in [1.82, 2.24) is 67.9 Å². The second kappa shape index (κ2) is 42.8.